The fourth-order valence-electron chi connectivity index (χ4n) is 1.15. The summed E-state index contributed by atoms with van der Waals surface area (Å²) in [7, 11) is 0. The first kappa shape index (κ1) is 9.33. The highest BCUT2D eigenvalue weighted by Crippen LogP contribution is 1.95. The molecule has 0 amide bonds. The maximum atomic E-state index is 3.90. The van der Waals surface area contributed by atoms with Crippen LogP contribution in [0.3, 0.4) is 0 Å². The average molecular weight is 171 g/mol. The Hall–Kier alpha value is -1.76. The zero-order chi connectivity index (χ0) is 9.84. The highest BCUT2D eigenvalue weighted by Gasteiger charge is 1.93. The maximum Gasteiger partial charge on any atom is 0.0390 e. The molecule has 1 heterocycles. The molecule has 0 unspecified atom stereocenters. The molecule has 0 saturated carbocycles. The molecule has 1 nitrogen and oxygen atoms in total. The summed E-state index contributed by atoms with van der Waals surface area (Å²) in [5.74, 6) is 0. The zero-order valence-corrected chi connectivity index (χ0v) is 7.66. The van der Waals surface area contributed by atoms with Gasteiger partial charge in [-0.3, -0.25) is 0 Å². The van der Waals surface area contributed by atoms with Gasteiger partial charge in [-0.25, -0.2) is 0 Å². The van der Waals surface area contributed by atoms with Gasteiger partial charge in [0.05, 0.1) is 0 Å². The smallest absolute Gasteiger partial charge is 0.0390 e. The van der Waals surface area contributed by atoms with Crippen molar-refractivity contribution in [2.75, 3.05) is 0 Å². The van der Waals surface area contributed by atoms with Crippen molar-refractivity contribution in [3.8, 4) is 0 Å². The topological polar surface area (TPSA) is 4.93 Å². The molecule has 0 radical (unpaired) electrons. The summed E-state index contributed by atoms with van der Waals surface area (Å²) in [6.07, 6.45) is 5.41. The van der Waals surface area contributed by atoms with E-state index in [0.717, 1.165) is 16.4 Å². The Kier molecular flexibility index (Phi) is 2.70. The summed E-state index contributed by atoms with van der Waals surface area (Å²) in [5.41, 5.74) is 0.847. The summed E-state index contributed by atoms with van der Waals surface area (Å²) in [6, 6.07) is 3.82. The standard InChI is InChI=1S/C12H13N/c1-5-6-7-10(2)13-11(3)8-9-12(13)4/h5-9H,1-4H2/b7-6-. The fourth-order valence-corrected chi connectivity index (χ4v) is 1.15. The van der Waals surface area contributed by atoms with E-state index >= 15 is 0 Å². The van der Waals surface area contributed by atoms with Crippen LogP contribution in [-0.4, -0.2) is 4.57 Å². The molecule has 0 spiro atoms. The Morgan fingerprint density at radius 3 is 2.23 bits per heavy atom. The molecule has 0 aliphatic carbocycles. The molecular weight excluding hydrogens is 158 g/mol. The molecule has 13 heavy (non-hydrogen) atoms. The molecular formula is C12H13N. The Morgan fingerprint density at radius 1 is 1.23 bits per heavy atom. The van der Waals surface area contributed by atoms with Crippen molar-refractivity contribution in [3.05, 3.63) is 54.2 Å². The van der Waals surface area contributed by atoms with Gasteiger partial charge < -0.3 is 4.57 Å². The zero-order valence-electron chi connectivity index (χ0n) is 7.66. The highest BCUT2D eigenvalue weighted by atomic mass is 15.0. The molecule has 0 saturated heterocycles. The van der Waals surface area contributed by atoms with Crippen molar-refractivity contribution in [1.82, 2.24) is 4.57 Å². The number of aromatic nitrogens is 1. The lowest BCUT2D eigenvalue weighted by Gasteiger charge is -2.02. The second-order valence-corrected chi connectivity index (χ2v) is 2.74. The molecule has 1 rings (SSSR count). The molecule has 1 aromatic rings. The van der Waals surface area contributed by atoms with Crippen molar-refractivity contribution < 1.29 is 0 Å². The van der Waals surface area contributed by atoms with Gasteiger partial charge in [-0.1, -0.05) is 38.5 Å². The summed E-state index contributed by atoms with van der Waals surface area (Å²) in [5, 5.41) is 1.78. The second kappa shape index (κ2) is 3.76. The lowest BCUT2D eigenvalue weighted by atomic mass is 10.4. The average Bonchev–Trinajstić information content (AvgIpc) is 2.42. The first-order valence-electron chi connectivity index (χ1n) is 4.01. The third-order valence-electron chi connectivity index (χ3n) is 1.75. The molecule has 0 aromatic carbocycles. The first-order valence-corrected chi connectivity index (χ1v) is 4.01. The van der Waals surface area contributed by atoms with E-state index in [1.54, 1.807) is 6.08 Å². The van der Waals surface area contributed by atoms with E-state index in [0.29, 0.717) is 0 Å². The van der Waals surface area contributed by atoms with Gasteiger partial charge in [0.1, 0.15) is 0 Å². The van der Waals surface area contributed by atoms with Crippen LogP contribution in [0.5, 0.6) is 0 Å². The summed E-state index contributed by atoms with van der Waals surface area (Å²) < 4.78 is 1.89. The van der Waals surface area contributed by atoms with Crippen molar-refractivity contribution in [3.63, 3.8) is 0 Å². The minimum Gasteiger partial charge on any atom is -0.312 e. The molecule has 1 heteroatoms. The number of hydrogen-bond donors (Lipinski definition) is 0. The molecule has 1 aromatic heterocycles. The largest absolute Gasteiger partial charge is 0.312 e. The van der Waals surface area contributed by atoms with E-state index in [-0.39, 0.29) is 0 Å². The third-order valence-corrected chi connectivity index (χ3v) is 1.75. The van der Waals surface area contributed by atoms with E-state index in [4.69, 9.17) is 0 Å². The number of hydrogen-bond acceptors (Lipinski definition) is 0. The number of nitrogens with zero attached hydrogens (tertiary/aromatic N) is 1. The fraction of sp³-hybridized carbons (Fsp3) is 0. The molecule has 0 N–H and O–H groups in total. The van der Waals surface area contributed by atoms with Crippen LogP contribution < -0.4 is 10.7 Å². The number of allylic oxidation sites excluding steroid dienone is 4. The normalized spacial score (nSPS) is 10.5. The van der Waals surface area contributed by atoms with E-state index in [9.17, 15) is 0 Å². The minimum absolute atomic E-state index is 0.847. The summed E-state index contributed by atoms with van der Waals surface area (Å²) >= 11 is 0. The number of rotatable bonds is 3. The van der Waals surface area contributed by atoms with Gasteiger partial charge in [-0.05, 0) is 18.2 Å². The van der Waals surface area contributed by atoms with Crippen LogP contribution in [0.15, 0.2) is 43.5 Å². The first-order chi connectivity index (χ1) is 6.16. The lowest BCUT2D eigenvalue weighted by molar-refractivity contribution is 1.05. The molecule has 0 aliphatic heterocycles. The van der Waals surface area contributed by atoms with Crippen LogP contribution in [0.25, 0.3) is 18.9 Å². The molecule has 66 valence electrons. The predicted octanol–water partition coefficient (Wildman–Crippen LogP) is 1.52. The minimum atomic E-state index is 0.847. The van der Waals surface area contributed by atoms with Crippen molar-refractivity contribution in [2.24, 2.45) is 0 Å². The quantitative estimate of drug-likeness (QED) is 0.608. The third kappa shape index (κ3) is 1.88. The summed E-state index contributed by atoms with van der Waals surface area (Å²) in [4.78, 5) is 0. The molecule has 0 bridgehead atoms. The SMILES string of the molecule is C=C/C=C\C(=C)n1c(=C)ccc1=C. The van der Waals surface area contributed by atoms with Crippen LogP contribution >= 0.6 is 0 Å². The van der Waals surface area contributed by atoms with Gasteiger partial charge in [0.25, 0.3) is 0 Å². The van der Waals surface area contributed by atoms with Gasteiger partial charge >= 0.3 is 0 Å². The van der Waals surface area contributed by atoms with Crippen LogP contribution in [0.2, 0.25) is 0 Å². The van der Waals surface area contributed by atoms with Crippen molar-refractivity contribution in [2.45, 2.75) is 0 Å². The van der Waals surface area contributed by atoms with Crippen LogP contribution in [0, 0.1) is 0 Å². The van der Waals surface area contributed by atoms with Crippen LogP contribution in [-0.2, 0) is 0 Å². The monoisotopic (exact) mass is 171 g/mol. The highest BCUT2D eigenvalue weighted by molar-refractivity contribution is 5.55. The maximum absolute atomic E-state index is 3.90. The van der Waals surface area contributed by atoms with Crippen molar-refractivity contribution >= 4 is 18.9 Å². The van der Waals surface area contributed by atoms with E-state index in [1.165, 1.54) is 0 Å². The molecule has 0 aliphatic rings. The Labute approximate surface area is 78.3 Å². The van der Waals surface area contributed by atoms with Crippen molar-refractivity contribution in [1.29, 1.82) is 0 Å². The summed E-state index contributed by atoms with van der Waals surface area (Å²) in [6.45, 7) is 15.2. The predicted molar refractivity (Wildman–Crippen MR) is 59.4 cm³/mol. The van der Waals surface area contributed by atoms with E-state index < -0.39 is 0 Å². The Bertz CT molecular complexity index is 418. The Morgan fingerprint density at radius 2 is 1.77 bits per heavy atom. The Balaban J connectivity index is 3.16. The lowest BCUT2D eigenvalue weighted by Crippen LogP contribution is -2.22. The van der Waals surface area contributed by atoms with Gasteiger partial charge in [-0.15, -0.1) is 0 Å². The van der Waals surface area contributed by atoms with Gasteiger partial charge in [0.2, 0.25) is 0 Å². The van der Waals surface area contributed by atoms with E-state index in [1.807, 2.05) is 28.9 Å². The van der Waals surface area contributed by atoms with E-state index in [2.05, 4.69) is 26.3 Å². The van der Waals surface area contributed by atoms with Gasteiger partial charge in [-0.2, -0.15) is 0 Å². The van der Waals surface area contributed by atoms with Crippen LogP contribution in [0.4, 0.5) is 0 Å². The molecule has 0 fully saturated rings. The second-order valence-electron chi connectivity index (χ2n) is 2.74. The molecule has 0 atom stereocenters. The van der Waals surface area contributed by atoms with Crippen LogP contribution in [0.1, 0.15) is 0 Å². The van der Waals surface area contributed by atoms with Gasteiger partial charge in [0, 0.05) is 16.4 Å². The van der Waals surface area contributed by atoms with Gasteiger partial charge in [0.15, 0.2) is 0 Å².